The van der Waals surface area contributed by atoms with Crippen LogP contribution in [0.1, 0.15) is 18.9 Å². The molecule has 2 amide bonds. The number of hydrogen-bond donors (Lipinski definition) is 0. The van der Waals surface area contributed by atoms with Gasteiger partial charge in [0.2, 0.25) is 11.8 Å². The van der Waals surface area contributed by atoms with Crippen molar-refractivity contribution >= 4 is 35.0 Å². The number of rotatable bonds is 2. The van der Waals surface area contributed by atoms with E-state index in [4.69, 9.17) is 23.2 Å². The Morgan fingerprint density at radius 1 is 1.14 bits per heavy atom. The SMILES string of the molecule is CC1=C[C@H]2C[C@H]1[C@H]1C(=O)N(Cc3c(Cl)cccc3Cl)C(=O)[C@@H]12. The van der Waals surface area contributed by atoms with Crippen LogP contribution in [0.5, 0.6) is 0 Å². The van der Waals surface area contributed by atoms with Gasteiger partial charge in [0.1, 0.15) is 0 Å². The molecule has 2 bridgehead atoms. The summed E-state index contributed by atoms with van der Waals surface area (Å²) < 4.78 is 0. The zero-order valence-corrected chi connectivity index (χ0v) is 13.6. The highest BCUT2D eigenvalue weighted by Crippen LogP contribution is 2.55. The molecule has 1 heterocycles. The second-order valence-corrected chi connectivity index (χ2v) is 7.25. The Balaban J connectivity index is 1.66. The Morgan fingerprint density at radius 2 is 1.77 bits per heavy atom. The van der Waals surface area contributed by atoms with Gasteiger partial charge in [-0.1, -0.05) is 40.9 Å². The zero-order chi connectivity index (χ0) is 15.6. The number of halogens is 2. The molecule has 4 rings (SSSR count). The van der Waals surface area contributed by atoms with Crippen LogP contribution in [0.25, 0.3) is 0 Å². The van der Waals surface area contributed by atoms with Crippen LogP contribution in [0.4, 0.5) is 0 Å². The van der Waals surface area contributed by atoms with Gasteiger partial charge < -0.3 is 0 Å². The maximum absolute atomic E-state index is 12.8. The van der Waals surface area contributed by atoms with E-state index in [2.05, 4.69) is 13.0 Å². The maximum atomic E-state index is 12.8. The number of allylic oxidation sites excluding steroid dienone is 2. The predicted molar refractivity (Wildman–Crippen MR) is 84.4 cm³/mol. The van der Waals surface area contributed by atoms with Crippen molar-refractivity contribution < 1.29 is 9.59 Å². The lowest BCUT2D eigenvalue weighted by Gasteiger charge is -2.19. The van der Waals surface area contributed by atoms with Crippen LogP contribution in [0.3, 0.4) is 0 Å². The van der Waals surface area contributed by atoms with Gasteiger partial charge in [0.15, 0.2) is 0 Å². The third kappa shape index (κ3) is 1.82. The normalized spacial score (nSPS) is 32.7. The fraction of sp³-hybridized carbons (Fsp3) is 0.412. The van der Waals surface area contributed by atoms with Gasteiger partial charge >= 0.3 is 0 Å². The van der Waals surface area contributed by atoms with Crippen molar-refractivity contribution in [3.63, 3.8) is 0 Å². The molecule has 4 atom stereocenters. The Bertz CT molecular complexity index is 707. The first-order chi connectivity index (χ1) is 10.5. The molecule has 0 spiro atoms. The number of fused-ring (bicyclic) bond motifs is 5. The molecule has 1 aliphatic heterocycles. The van der Waals surface area contributed by atoms with Crippen molar-refractivity contribution in [2.75, 3.05) is 0 Å². The lowest BCUT2D eigenvalue weighted by molar-refractivity contribution is -0.141. The summed E-state index contributed by atoms with van der Waals surface area (Å²) in [7, 11) is 0. The average Bonchev–Trinajstić information content (AvgIpc) is 3.08. The summed E-state index contributed by atoms with van der Waals surface area (Å²) in [6.45, 7) is 2.23. The summed E-state index contributed by atoms with van der Waals surface area (Å²) in [5, 5.41) is 0.977. The molecule has 22 heavy (non-hydrogen) atoms. The summed E-state index contributed by atoms with van der Waals surface area (Å²) in [5.41, 5.74) is 1.90. The minimum Gasteiger partial charge on any atom is -0.277 e. The van der Waals surface area contributed by atoms with E-state index >= 15 is 0 Å². The second-order valence-electron chi connectivity index (χ2n) is 6.43. The Labute approximate surface area is 138 Å². The first kappa shape index (κ1) is 14.3. The number of carbonyl (C=O) groups is 2. The van der Waals surface area contributed by atoms with Crippen molar-refractivity contribution in [1.29, 1.82) is 0 Å². The molecule has 0 unspecified atom stereocenters. The fourth-order valence-corrected chi connectivity index (χ4v) is 4.85. The molecule has 1 aromatic carbocycles. The van der Waals surface area contributed by atoms with E-state index in [1.54, 1.807) is 18.2 Å². The van der Waals surface area contributed by atoms with Gasteiger partial charge in [0, 0.05) is 15.6 Å². The van der Waals surface area contributed by atoms with Crippen LogP contribution in [-0.2, 0) is 16.1 Å². The van der Waals surface area contributed by atoms with Crippen molar-refractivity contribution in [2.45, 2.75) is 19.9 Å². The van der Waals surface area contributed by atoms with Gasteiger partial charge in [-0.15, -0.1) is 0 Å². The largest absolute Gasteiger partial charge is 0.277 e. The molecule has 3 nitrogen and oxygen atoms in total. The number of imide groups is 1. The predicted octanol–water partition coefficient (Wildman–Crippen LogP) is 3.69. The quantitative estimate of drug-likeness (QED) is 0.610. The summed E-state index contributed by atoms with van der Waals surface area (Å²) >= 11 is 12.3. The van der Waals surface area contributed by atoms with Crippen LogP contribution in [-0.4, -0.2) is 16.7 Å². The highest BCUT2D eigenvalue weighted by molar-refractivity contribution is 6.36. The Hall–Kier alpha value is -1.32. The number of hydrogen-bond acceptors (Lipinski definition) is 2. The molecule has 5 heteroatoms. The summed E-state index contributed by atoms with van der Waals surface area (Å²) in [6, 6.07) is 5.21. The van der Waals surface area contributed by atoms with Gasteiger partial charge in [0.25, 0.3) is 0 Å². The minimum absolute atomic E-state index is 0.0639. The highest BCUT2D eigenvalue weighted by atomic mass is 35.5. The maximum Gasteiger partial charge on any atom is 0.234 e. The Kier molecular flexibility index (Phi) is 3.14. The molecule has 1 saturated heterocycles. The number of carbonyl (C=O) groups excluding carboxylic acids is 2. The van der Waals surface area contributed by atoms with Gasteiger partial charge in [-0.3, -0.25) is 14.5 Å². The third-order valence-electron chi connectivity index (χ3n) is 5.35. The van der Waals surface area contributed by atoms with E-state index in [0.29, 0.717) is 15.6 Å². The van der Waals surface area contributed by atoms with Crippen molar-refractivity contribution in [3.05, 3.63) is 45.5 Å². The van der Waals surface area contributed by atoms with E-state index in [9.17, 15) is 9.59 Å². The molecule has 3 aliphatic rings. The number of benzene rings is 1. The number of likely N-dealkylation sites (tertiary alicyclic amines) is 1. The molecule has 114 valence electrons. The lowest BCUT2D eigenvalue weighted by Crippen LogP contribution is -2.32. The topological polar surface area (TPSA) is 37.4 Å². The molecule has 0 radical (unpaired) electrons. The second kappa shape index (κ2) is 4.84. The van der Waals surface area contributed by atoms with Crippen molar-refractivity contribution in [1.82, 2.24) is 4.90 Å². The van der Waals surface area contributed by atoms with E-state index < -0.39 is 0 Å². The standard InChI is InChI=1S/C17H15Cl2NO2/c1-8-5-9-6-10(8)15-14(9)16(21)20(17(15)22)7-11-12(18)3-2-4-13(11)19/h2-5,9-10,14-15H,6-7H2,1H3/t9-,10+,14+,15+/m0/s1. The smallest absolute Gasteiger partial charge is 0.234 e. The van der Waals surface area contributed by atoms with Crippen LogP contribution in [0, 0.1) is 23.7 Å². The number of amides is 2. The van der Waals surface area contributed by atoms with Gasteiger partial charge in [-0.25, -0.2) is 0 Å². The summed E-state index contributed by atoms with van der Waals surface area (Å²) in [5.74, 6) is -0.0317. The molecule has 2 fully saturated rings. The van der Waals surface area contributed by atoms with Gasteiger partial charge in [-0.05, 0) is 37.3 Å². The molecule has 0 N–H and O–H groups in total. The highest BCUT2D eigenvalue weighted by Gasteiger charge is 2.60. The monoisotopic (exact) mass is 335 g/mol. The third-order valence-corrected chi connectivity index (χ3v) is 6.06. The van der Waals surface area contributed by atoms with Gasteiger partial charge in [0.05, 0.1) is 18.4 Å². The lowest BCUT2D eigenvalue weighted by atomic mass is 9.82. The zero-order valence-electron chi connectivity index (χ0n) is 12.1. The average molecular weight is 336 g/mol. The van der Waals surface area contributed by atoms with Crippen LogP contribution >= 0.6 is 23.2 Å². The van der Waals surface area contributed by atoms with Crippen LogP contribution in [0.15, 0.2) is 29.8 Å². The molecular formula is C17H15Cl2NO2. The van der Waals surface area contributed by atoms with E-state index in [1.165, 1.54) is 10.5 Å². The number of nitrogens with zero attached hydrogens (tertiary/aromatic N) is 1. The molecular weight excluding hydrogens is 321 g/mol. The minimum atomic E-state index is -0.178. The first-order valence-electron chi connectivity index (χ1n) is 7.45. The van der Waals surface area contributed by atoms with Crippen molar-refractivity contribution in [2.24, 2.45) is 23.7 Å². The van der Waals surface area contributed by atoms with Crippen LogP contribution in [0.2, 0.25) is 10.0 Å². The first-order valence-corrected chi connectivity index (χ1v) is 8.21. The molecule has 2 aliphatic carbocycles. The fourth-order valence-electron chi connectivity index (χ4n) is 4.33. The molecule has 1 saturated carbocycles. The van der Waals surface area contributed by atoms with Crippen LogP contribution < -0.4 is 0 Å². The Morgan fingerprint density at radius 3 is 2.45 bits per heavy atom. The molecule has 1 aromatic rings. The summed E-state index contributed by atoms with van der Waals surface area (Å²) in [6.07, 6.45) is 3.11. The van der Waals surface area contributed by atoms with E-state index in [0.717, 1.165) is 6.42 Å². The van der Waals surface area contributed by atoms with Gasteiger partial charge in [-0.2, -0.15) is 0 Å². The van der Waals surface area contributed by atoms with Crippen molar-refractivity contribution in [3.8, 4) is 0 Å². The summed E-state index contributed by atoms with van der Waals surface area (Å²) in [4.78, 5) is 26.8. The molecule has 0 aromatic heterocycles. The van der Waals surface area contributed by atoms with E-state index in [1.807, 2.05) is 0 Å². The van der Waals surface area contributed by atoms with E-state index in [-0.39, 0.29) is 42.0 Å².